The Morgan fingerprint density at radius 3 is 2.44 bits per heavy atom. The zero-order valence-corrected chi connectivity index (χ0v) is 20.7. The first-order chi connectivity index (χ1) is 15.7. The van der Waals surface area contributed by atoms with Gasteiger partial charge in [-0.25, -0.2) is 0 Å². The Morgan fingerprint density at radius 2 is 1.75 bits per heavy atom. The smallest absolute Gasteiger partial charge is 0.191 e. The topological polar surface area (TPSA) is 46.1 Å². The van der Waals surface area contributed by atoms with Crippen molar-refractivity contribution < 1.29 is 0 Å². The highest BCUT2D eigenvalue weighted by Crippen LogP contribution is 2.20. The van der Waals surface area contributed by atoms with Crippen molar-refractivity contribution in [2.75, 3.05) is 58.9 Å². The molecule has 32 heavy (non-hydrogen) atoms. The number of nitrogens with one attached hydrogen (secondary N) is 2. The third-order valence-corrected chi connectivity index (χ3v) is 6.99. The lowest BCUT2D eigenvalue weighted by atomic mass is 9.97. The van der Waals surface area contributed by atoms with Gasteiger partial charge in [0.15, 0.2) is 5.96 Å². The van der Waals surface area contributed by atoms with Crippen molar-refractivity contribution >= 4 is 5.96 Å². The lowest BCUT2D eigenvalue weighted by molar-refractivity contribution is 0.134. The third-order valence-electron chi connectivity index (χ3n) is 6.99. The molecule has 6 nitrogen and oxygen atoms in total. The molecule has 2 fully saturated rings. The summed E-state index contributed by atoms with van der Waals surface area (Å²) in [5.74, 6) is 0.998. The number of likely N-dealkylation sites (tertiary alicyclic amines) is 1. The number of likely N-dealkylation sites (N-methyl/N-ethyl adjacent to an activating group) is 1. The number of hydrogen-bond acceptors (Lipinski definition) is 4. The predicted molar refractivity (Wildman–Crippen MR) is 136 cm³/mol. The fraction of sp³-hybridized carbons (Fsp3) is 0.731. The lowest BCUT2D eigenvalue weighted by Crippen LogP contribution is -2.51. The molecule has 2 heterocycles. The minimum atomic E-state index is 0.504. The molecule has 0 bridgehead atoms. The minimum Gasteiger partial charge on any atom is -0.357 e. The molecule has 180 valence electrons. The van der Waals surface area contributed by atoms with Gasteiger partial charge in [0.1, 0.15) is 0 Å². The maximum absolute atomic E-state index is 4.88. The fourth-order valence-corrected chi connectivity index (χ4v) is 4.89. The maximum atomic E-state index is 4.88. The fourth-order valence-electron chi connectivity index (χ4n) is 4.89. The summed E-state index contributed by atoms with van der Waals surface area (Å²) in [6.07, 6.45) is 4.74. The average Bonchev–Trinajstić information content (AvgIpc) is 2.82. The van der Waals surface area contributed by atoms with Crippen LogP contribution in [0.1, 0.15) is 52.0 Å². The predicted octanol–water partition coefficient (Wildman–Crippen LogP) is 3.01. The highest BCUT2D eigenvalue weighted by Gasteiger charge is 2.26. The Hall–Kier alpha value is -1.63. The van der Waals surface area contributed by atoms with Crippen LogP contribution in [0.3, 0.4) is 0 Å². The molecule has 2 atom stereocenters. The van der Waals surface area contributed by atoms with Gasteiger partial charge < -0.3 is 20.4 Å². The molecule has 0 spiro atoms. The van der Waals surface area contributed by atoms with Crippen molar-refractivity contribution in [2.24, 2.45) is 4.99 Å². The molecule has 6 heteroatoms. The first-order valence-electron chi connectivity index (χ1n) is 13.0. The van der Waals surface area contributed by atoms with Crippen LogP contribution in [0, 0.1) is 0 Å². The van der Waals surface area contributed by atoms with Crippen molar-refractivity contribution in [1.82, 2.24) is 25.3 Å². The van der Waals surface area contributed by atoms with E-state index < -0.39 is 0 Å². The van der Waals surface area contributed by atoms with Gasteiger partial charge in [0.25, 0.3) is 0 Å². The first-order valence-corrected chi connectivity index (χ1v) is 13.0. The molecule has 0 saturated carbocycles. The minimum absolute atomic E-state index is 0.504. The van der Waals surface area contributed by atoms with E-state index in [1.165, 1.54) is 64.1 Å². The summed E-state index contributed by atoms with van der Waals surface area (Å²) in [4.78, 5) is 12.6. The number of aliphatic imine (C=N–C) groups is 1. The van der Waals surface area contributed by atoms with Crippen LogP contribution >= 0.6 is 0 Å². The van der Waals surface area contributed by atoms with Crippen molar-refractivity contribution in [3.05, 3.63) is 35.9 Å². The summed E-state index contributed by atoms with van der Waals surface area (Å²) in [6.45, 7) is 18.1. The van der Waals surface area contributed by atoms with Crippen LogP contribution in [0.15, 0.2) is 35.3 Å². The molecule has 3 rings (SSSR count). The van der Waals surface area contributed by atoms with Crippen molar-refractivity contribution in [1.29, 1.82) is 0 Å². The highest BCUT2D eigenvalue weighted by molar-refractivity contribution is 5.80. The molecule has 0 aliphatic carbocycles. The molecule has 2 saturated heterocycles. The van der Waals surface area contributed by atoms with Crippen LogP contribution in [0.5, 0.6) is 0 Å². The highest BCUT2D eigenvalue weighted by atomic mass is 15.3. The number of nitrogens with zero attached hydrogens (tertiary/aromatic N) is 4. The van der Waals surface area contributed by atoms with Gasteiger partial charge in [0.05, 0.1) is 0 Å². The molecular weight excluding hydrogens is 396 g/mol. The summed E-state index contributed by atoms with van der Waals surface area (Å²) in [5, 5.41) is 7.18. The van der Waals surface area contributed by atoms with Crippen LogP contribution in [0.25, 0.3) is 0 Å². The quantitative estimate of drug-likeness (QED) is 0.331. The van der Waals surface area contributed by atoms with Gasteiger partial charge >= 0.3 is 0 Å². The van der Waals surface area contributed by atoms with Crippen LogP contribution in [0.2, 0.25) is 0 Å². The van der Waals surface area contributed by atoms with Gasteiger partial charge in [-0.3, -0.25) is 9.89 Å². The Morgan fingerprint density at radius 1 is 1.00 bits per heavy atom. The molecule has 0 amide bonds. The molecule has 2 aliphatic heterocycles. The molecular formula is C26H46N6. The van der Waals surface area contributed by atoms with Gasteiger partial charge in [-0.15, -0.1) is 0 Å². The van der Waals surface area contributed by atoms with E-state index in [-0.39, 0.29) is 0 Å². The van der Waals surface area contributed by atoms with Crippen LogP contribution in [-0.4, -0.2) is 91.6 Å². The van der Waals surface area contributed by atoms with E-state index in [4.69, 9.17) is 4.99 Å². The number of rotatable bonds is 10. The standard InChI is InChI=1S/C26H46N6/c1-4-27-26(28-14-9-10-15-31-19-17-30(5-2)18-20-31)29-25-13-16-32(23(3)21-25)22-24-11-7-6-8-12-24/h6-8,11-12,23,25H,4-5,9-10,13-22H2,1-3H3,(H2,27,28,29). The van der Waals surface area contributed by atoms with E-state index in [0.29, 0.717) is 12.1 Å². The second-order valence-electron chi connectivity index (χ2n) is 9.41. The molecule has 2 N–H and O–H groups in total. The van der Waals surface area contributed by atoms with Gasteiger partial charge in [-0.1, -0.05) is 37.3 Å². The zero-order chi connectivity index (χ0) is 22.6. The van der Waals surface area contributed by atoms with E-state index in [0.717, 1.165) is 38.6 Å². The Balaban J connectivity index is 1.35. The largest absolute Gasteiger partial charge is 0.357 e. The number of hydrogen-bond donors (Lipinski definition) is 2. The monoisotopic (exact) mass is 442 g/mol. The summed E-state index contributed by atoms with van der Waals surface area (Å²) in [7, 11) is 0. The van der Waals surface area contributed by atoms with Gasteiger partial charge in [-0.05, 0) is 58.2 Å². The van der Waals surface area contributed by atoms with Crippen molar-refractivity contribution in [2.45, 2.75) is 65.1 Å². The Bertz CT molecular complexity index is 656. The molecule has 1 aromatic carbocycles. The van der Waals surface area contributed by atoms with Gasteiger partial charge in [0.2, 0.25) is 0 Å². The normalized spacial score (nSPS) is 23.9. The Labute approximate surface area is 196 Å². The van der Waals surface area contributed by atoms with Crippen LogP contribution in [0.4, 0.5) is 0 Å². The summed E-state index contributed by atoms with van der Waals surface area (Å²) >= 11 is 0. The lowest BCUT2D eigenvalue weighted by Gasteiger charge is -2.38. The maximum Gasteiger partial charge on any atom is 0.191 e. The van der Waals surface area contributed by atoms with Crippen molar-refractivity contribution in [3.63, 3.8) is 0 Å². The summed E-state index contributed by atoms with van der Waals surface area (Å²) in [6, 6.07) is 11.9. The molecule has 0 radical (unpaired) electrons. The molecule has 0 aromatic heterocycles. The van der Waals surface area contributed by atoms with E-state index in [2.05, 4.69) is 76.4 Å². The van der Waals surface area contributed by atoms with E-state index in [1.54, 1.807) is 0 Å². The summed E-state index contributed by atoms with van der Waals surface area (Å²) < 4.78 is 0. The number of guanidine groups is 1. The Kier molecular flexibility index (Phi) is 10.8. The molecule has 2 aliphatic rings. The zero-order valence-electron chi connectivity index (χ0n) is 20.7. The second-order valence-corrected chi connectivity index (χ2v) is 9.41. The SMILES string of the molecule is CCNC(=NCCCCN1CCN(CC)CC1)NC1CCN(Cc2ccccc2)C(C)C1. The second kappa shape index (κ2) is 13.8. The van der Waals surface area contributed by atoms with E-state index >= 15 is 0 Å². The number of benzene rings is 1. The van der Waals surface area contributed by atoms with Crippen LogP contribution in [-0.2, 0) is 6.54 Å². The van der Waals surface area contributed by atoms with E-state index in [1.807, 2.05) is 0 Å². The number of unbranched alkanes of at least 4 members (excludes halogenated alkanes) is 1. The van der Waals surface area contributed by atoms with Gasteiger partial charge in [-0.2, -0.15) is 0 Å². The van der Waals surface area contributed by atoms with Crippen LogP contribution < -0.4 is 10.6 Å². The van der Waals surface area contributed by atoms with Crippen molar-refractivity contribution in [3.8, 4) is 0 Å². The average molecular weight is 443 g/mol. The first kappa shape index (κ1) is 25.0. The van der Waals surface area contributed by atoms with E-state index in [9.17, 15) is 0 Å². The van der Waals surface area contributed by atoms with Gasteiger partial charge in [0, 0.05) is 64.4 Å². The molecule has 2 unspecified atom stereocenters. The summed E-state index contributed by atoms with van der Waals surface area (Å²) in [5.41, 5.74) is 1.41. The third kappa shape index (κ3) is 8.38. The number of piperazine rings is 1. The number of piperidine rings is 1. The molecule has 1 aromatic rings.